The van der Waals surface area contributed by atoms with E-state index in [9.17, 15) is 4.79 Å². The molecule has 0 aromatic carbocycles. The van der Waals surface area contributed by atoms with Gasteiger partial charge in [-0.25, -0.2) is 0 Å². The fourth-order valence-electron chi connectivity index (χ4n) is 0.264. The lowest BCUT2D eigenvalue weighted by Gasteiger charge is -2.06. The zero-order valence-corrected chi connectivity index (χ0v) is 16.2. The molecule has 2 atom stereocenters. The quantitative estimate of drug-likeness (QED) is 0.282. The van der Waals surface area contributed by atoms with Gasteiger partial charge in [-0.05, 0) is 20.8 Å². The molecule has 0 radical (unpaired) electrons. The first-order chi connectivity index (χ1) is 12.1. The van der Waals surface area contributed by atoms with Crippen LogP contribution in [0, 0.1) is 0 Å². The van der Waals surface area contributed by atoms with Gasteiger partial charge in [-0.15, -0.1) is 26.3 Å². The predicted octanol–water partition coefficient (Wildman–Crippen LogP) is -0.731. The third-order valence-electron chi connectivity index (χ3n) is 1.33. The second-order valence-corrected chi connectivity index (χ2v) is 3.89. The second kappa shape index (κ2) is 43.7. The highest BCUT2D eigenvalue weighted by molar-refractivity contribution is 5.73. The Bertz CT molecular complexity index is 251. The van der Waals surface area contributed by atoms with Crippen LogP contribution < -0.4 is 5.73 Å². The summed E-state index contributed by atoms with van der Waals surface area (Å²) in [4.78, 5) is 9.86. The van der Waals surface area contributed by atoms with Crippen LogP contribution in [0.4, 0.5) is 0 Å². The first kappa shape index (κ1) is 39.5. The van der Waals surface area contributed by atoms with Gasteiger partial charge in [0, 0.05) is 0 Å². The van der Waals surface area contributed by atoms with Crippen LogP contribution in [0.25, 0.3) is 0 Å². The van der Waals surface area contributed by atoms with Crippen LogP contribution in [0.15, 0.2) is 38.5 Å². The molecule has 0 aliphatic rings. The zero-order chi connectivity index (χ0) is 22.6. The molecule has 0 fully saturated rings. The smallest absolute Gasteiger partial charge is 0.323 e. The van der Waals surface area contributed by atoms with Gasteiger partial charge in [-0.3, -0.25) is 4.79 Å². The third-order valence-corrected chi connectivity index (χ3v) is 1.33. The Morgan fingerprint density at radius 3 is 1.19 bits per heavy atom. The number of aliphatic hydroxyl groups is 6. The van der Waals surface area contributed by atoms with Crippen LogP contribution in [-0.4, -0.2) is 86.4 Å². The number of nitrogens with two attached hydrogens (primary N) is 1. The van der Waals surface area contributed by atoms with E-state index in [1.165, 1.54) is 6.92 Å². The minimum absolute atomic E-state index is 0.125. The highest BCUT2D eigenvalue weighted by atomic mass is 16.4. The van der Waals surface area contributed by atoms with Gasteiger partial charge in [0.1, 0.15) is 12.1 Å². The number of allylic oxidation sites excluding steroid dienone is 2. The van der Waals surface area contributed by atoms with Crippen molar-refractivity contribution in [1.29, 1.82) is 0 Å². The van der Waals surface area contributed by atoms with Crippen LogP contribution in [-0.2, 0) is 4.79 Å². The summed E-state index contributed by atoms with van der Waals surface area (Å²) in [5.41, 5.74) is 4.91. The van der Waals surface area contributed by atoms with Crippen molar-refractivity contribution >= 4 is 5.97 Å². The fraction of sp³-hybridized carbons (Fsp3) is 0.588. The molecular weight excluding hydrogens is 346 g/mol. The average Bonchev–Trinajstić information content (AvgIpc) is 2.63. The first-order valence-corrected chi connectivity index (χ1v) is 7.53. The molecule has 0 heterocycles. The number of hydrogen-bond acceptors (Lipinski definition) is 8. The number of carbonyl (C=O) groups is 1. The molecule has 0 saturated heterocycles. The number of hydrogen-bond donors (Lipinski definition) is 8. The Labute approximate surface area is 157 Å². The van der Waals surface area contributed by atoms with Gasteiger partial charge in [0.15, 0.2) is 0 Å². The van der Waals surface area contributed by atoms with Crippen LogP contribution >= 0.6 is 0 Å². The monoisotopic (exact) mass is 385 g/mol. The summed E-state index contributed by atoms with van der Waals surface area (Å²) in [7, 11) is 0. The van der Waals surface area contributed by atoms with Gasteiger partial charge in [0.25, 0.3) is 0 Å². The molecule has 0 aromatic rings. The molecule has 0 amide bonds. The number of carboxylic acid groups (broad SMARTS) is 1. The molecule has 0 aliphatic carbocycles. The molecule has 9 N–H and O–H groups in total. The Kier molecular flexibility index (Phi) is 66.3. The Hall–Kier alpha value is -1.59. The van der Waals surface area contributed by atoms with E-state index in [2.05, 4.69) is 26.3 Å². The van der Waals surface area contributed by atoms with Crippen molar-refractivity contribution in [2.45, 2.75) is 39.0 Å². The van der Waals surface area contributed by atoms with E-state index in [0.717, 1.165) is 0 Å². The molecule has 26 heavy (non-hydrogen) atoms. The largest absolute Gasteiger partial charge is 0.480 e. The van der Waals surface area contributed by atoms with Crippen LogP contribution in [0.5, 0.6) is 0 Å². The van der Waals surface area contributed by atoms with E-state index in [1.807, 2.05) is 13.8 Å². The van der Waals surface area contributed by atoms with Gasteiger partial charge >= 0.3 is 5.97 Å². The lowest BCUT2D eigenvalue weighted by molar-refractivity contribution is -0.140. The number of rotatable bonds is 5. The summed E-state index contributed by atoms with van der Waals surface area (Å²) in [6, 6.07) is -1.16. The normalized spacial score (nSPS) is 9.96. The maximum atomic E-state index is 9.86. The van der Waals surface area contributed by atoms with Crippen molar-refractivity contribution in [2.75, 3.05) is 26.4 Å². The Morgan fingerprint density at radius 2 is 1.19 bits per heavy atom. The topological polar surface area (TPSA) is 185 Å². The molecule has 0 unspecified atom stereocenters. The van der Waals surface area contributed by atoms with E-state index in [0.29, 0.717) is 0 Å². The Balaban J connectivity index is -0.0000000495. The van der Waals surface area contributed by atoms with E-state index < -0.39 is 24.2 Å². The number of carboxylic acids is 1. The van der Waals surface area contributed by atoms with Crippen LogP contribution in [0.1, 0.15) is 20.8 Å². The summed E-state index contributed by atoms with van der Waals surface area (Å²) in [6.45, 7) is 16.9. The molecule has 9 nitrogen and oxygen atoms in total. The van der Waals surface area contributed by atoms with Gasteiger partial charge in [0.2, 0.25) is 0 Å². The number of aliphatic hydroxyl groups excluding tert-OH is 6. The van der Waals surface area contributed by atoms with E-state index >= 15 is 0 Å². The summed E-state index contributed by atoms with van der Waals surface area (Å²) in [6.07, 6.45) is 1.57. The average molecular weight is 385 g/mol. The van der Waals surface area contributed by atoms with E-state index in [1.54, 1.807) is 12.2 Å². The summed E-state index contributed by atoms with van der Waals surface area (Å²) in [5.74, 6) is -1.18. The van der Waals surface area contributed by atoms with Crippen molar-refractivity contribution in [3.8, 4) is 0 Å². The minimum Gasteiger partial charge on any atom is -0.480 e. The fourth-order valence-corrected chi connectivity index (χ4v) is 0.264. The second-order valence-electron chi connectivity index (χ2n) is 3.89. The van der Waals surface area contributed by atoms with E-state index in [-0.39, 0.29) is 26.4 Å². The standard InChI is InChI=1S/C4H9NO3.C3H8O3.2C3H6.C2H6O2.C2H4/c1-2(6)3(5)4(7)8;4-1-3(6)2-5;2*1-3-2;3-1-2-4;1-2/h2-3,6H,5H2,1H3,(H,7,8);3-6H,1-2H2;2*3H,1H2,2H3;3-4H,1-2H2;1-2H2/t2-,3+;;;;;/m1...../s1. The zero-order valence-electron chi connectivity index (χ0n) is 16.2. The Morgan fingerprint density at radius 1 is 0.962 bits per heavy atom. The maximum absolute atomic E-state index is 9.86. The van der Waals surface area contributed by atoms with Crippen molar-refractivity contribution in [3.05, 3.63) is 38.5 Å². The SMILES string of the molecule is C=C.C=CC.C=CC.C[C@@H](O)[C@H](N)C(=O)O.OCC(O)CO.OCCO. The third kappa shape index (κ3) is 78.9. The van der Waals surface area contributed by atoms with Crippen LogP contribution in [0.2, 0.25) is 0 Å². The van der Waals surface area contributed by atoms with E-state index in [4.69, 9.17) is 41.5 Å². The molecular formula is C17H39NO8. The van der Waals surface area contributed by atoms with Gasteiger partial charge in [-0.2, -0.15) is 0 Å². The first-order valence-electron chi connectivity index (χ1n) is 7.53. The van der Waals surface area contributed by atoms with Crippen molar-refractivity contribution in [2.24, 2.45) is 5.73 Å². The molecule has 9 heteroatoms. The lowest BCUT2D eigenvalue weighted by Crippen LogP contribution is -2.39. The lowest BCUT2D eigenvalue weighted by atomic mass is 10.2. The van der Waals surface area contributed by atoms with Gasteiger partial charge in [-0.1, -0.05) is 12.2 Å². The molecule has 0 aromatic heterocycles. The molecule has 0 bridgehead atoms. The molecule has 0 saturated carbocycles. The van der Waals surface area contributed by atoms with Crippen molar-refractivity contribution < 1.29 is 40.5 Å². The number of aliphatic carboxylic acids is 1. The maximum Gasteiger partial charge on any atom is 0.323 e. The van der Waals surface area contributed by atoms with Gasteiger partial charge in [0.05, 0.1) is 32.5 Å². The summed E-state index contributed by atoms with van der Waals surface area (Å²) < 4.78 is 0. The molecule has 0 rings (SSSR count). The summed E-state index contributed by atoms with van der Waals surface area (Å²) in [5, 5.41) is 55.8. The predicted molar refractivity (Wildman–Crippen MR) is 105 cm³/mol. The van der Waals surface area contributed by atoms with Crippen molar-refractivity contribution in [1.82, 2.24) is 0 Å². The van der Waals surface area contributed by atoms with Gasteiger partial charge < -0.3 is 41.5 Å². The molecule has 0 aliphatic heterocycles. The highest BCUT2D eigenvalue weighted by Gasteiger charge is 2.16. The van der Waals surface area contributed by atoms with Crippen molar-refractivity contribution in [3.63, 3.8) is 0 Å². The molecule has 0 spiro atoms. The minimum atomic E-state index is -1.18. The van der Waals surface area contributed by atoms with Crippen LogP contribution in [0.3, 0.4) is 0 Å². The highest BCUT2D eigenvalue weighted by Crippen LogP contribution is 1.85. The molecule has 160 valence electrons. The summed E-state index contributed by atoms with van der Waals surface area (Å²) >= 11 is 0.